The lowest BCUT2D eigenvalue weighted by atomic mass is 9.72. The van der Waals surface area contributed by atoms with Crippen LogP contribution >= 0.6 is 0 Å². The molecule has 5 nitrogen and oxygen atoms in total. The molecule has 2 rings (SSSR count). The van der Waals surface area contributed by atoms with Crippen molar-refractivity contribution in [2.75, 3.05) is 0 Å². The first-order valence-corrected chi connectivity index (χ1v) is 6.89. The smallest absolute Gasteiger partial charge is 0.234 e. The molecule has 5 heteroatoms. The molecule has 0 saturated heterocycles. The number of amidine groups is 1. The quantitative estimate of drug-likeness (QED) is 0.308. The monoisotopic (exact) mass is 253 g/mol. The van der Waals surface area contributed by atoms with E-state index >= 15 is 0 Å². The highest BCUT2D eigenvalue weighted by atomic mass is 16.4. The first-order chi connectivity index (χ1) is 8.60. The van der Waals surface area contributed by atoms with Crippen LogP contribution in [0.15, 0.2) is 5.16 Å². The van der Waals surface area contributed by atoms with E-state index in [0.29, 0.717) is 18.8 Å². The largest absolute Gasteiger partial charge is 0.409 e. The Labute approximate surface area is 108 Å². The Kier molecular flexibility index (Phi) is 3.78. The van der Waals surface area contributed by atoms with Gasteiger partial charge in [-0.3, -0.25) is 4.79 Å². The van der Waals surface area contributed by atoms with Crippen LogP contribution in [-0.2, 0) is 4.79 Å². The van der Waals surface area contributed by atoms with E-state index in [1.54, 1.807) is 0 Å². The van der Waals surface area contributed by atoms with Crippen LogP contribution in [0.4, 0.5) is 0 Å². The first kappa shape index (κ1) is 13.2. The molecule has 1 atom stereocenters. The summed E-state index contributed by atoms with van der Waals surface area (Å²) in [7, 11) is 0. The van der Waals surface area contributed by atoms with Crippen molar-refractivity contribution < 1.29 is 10.0 Å². The fourth-order valence-corrected chi connectivity index (χ4v) is 2.91. The molecule has 0 aromatic rings. The van der Waals surface area contributed by atoms with Crippen LogP contribution in [-0.4, -0.2) is 23.0 Å². The molecule has 102 valence electrons. The van der Waals surface area contributed by atoms with Gasteiger partial charge >= 0.3 is 0 Å². The third kappa shape index (κ3) is 2.44. The number of hydrogen-bond acceptors (Lipinski definition) is 3. The predicted molar refractivity (Wildman–Crippen MR) is 69.3 cm³/mol. The maximum atomic E-state index is 12.5. The lowest BCUT2D eigenvalue weighted by molar-refractivity contribution is -0.129. The van der Waals surface area contributed by atoms with Gasteiger partial charge in [0.05, 0.1) is 0 Å². The highest BCUT2D eigenvalue weighted by Gasteiger charge is 2.45. The van der Waals surface area contributed by atoms with E-state index in [-0.39, 0.29) is 17.8 Å². The molecule has 18 heavy (non-hydrogen) atoms. The zero-order valence-corrected chi connectivity index (χ0v) is 11.0. The summed E-state index contributed by atoms with van der Waals surface area (Å²) >= 11 is 0. The summed E-state index contributed by atoms with van der Waals surface area (Å²) < 4.78 is 0. The summed E-state index contributed by atoms with van der Waals surface area (Å²) in [5.74, 6) is 0.626. The van der Waals surface area contributed by atoms with E-state index in [1.165, 1.54) is 12.8 Å². The second-order valence-electron chi connectivity index (χ2n) is 5.73. The van der Waals surface area contributed by atoms with Crippen LogP contribution in [0.25, 0.3) is 0 Å². The van der Waals surface area contributed by atoms with Crippen molar-refractivity contribution in [3.05, 3.63) is 0 Å². The third-order valence-electron chi connectivity index (χ3n) is 4.43. The van der Waals surface area contributed by atoms with Crippen molar-refractivity contribution in [1.82, 2.24) is 5.32 Å². The Morgan fingerprint density at radius 1 is 1.39 bits per heavy atom. The molecule has 2 aliphatic rings. The lowest BCUT2D eigenvalue weighted by Gasteiger charge is -2.35. The maximum Gasteiger partial charge on any atom is 0.234 e. The fourth-order valence-electron chi connectivity index (χ4n) is 2.91. The first-order valence-electron chi connectivity index (χ1n) is 6.89. The van der Waals surface area contributed by atoms with E-state index in [1.807, 2.05) is 6.92 Å². The van der Waals surface area contributed by atoms with Gasteiger partial charge in [-0.2, -0.15) is 0 Å². The van der Waals surface area contributed by atoms with Gasteiger partial charge in [-0.25, -0.2) is 0 Å². The van der Waals surface area contributed by atoms with Gasteiger partial charge < -0.3 is 16.3 Å². The standard InChI is InChI=1S/C13H23N3O2/c1-9(10-5-6-10)15-12(17)13(11(14)16-18)7-3-2-4-8-13/h9-10,18H,2-8H2,1H3,(H2,14,16)(H,15,17). The number of amides is 1. The topological polar surface area (TPSA) is 87.7 Å². The number of nitrogens with one attached hydrogen (secondary N) is 1. The van der Waals surface area contributed by atoms with Crippen LogP contribution in [0.3, 0.4) is 0 Å². The van der Waals surface area contributed by atoms with Crippen LogP contribution in [0.1, 0.15) is 51.9 Å². The molecule has 0 aromatic carbocycles. The molecule has 1 amide bonds. The number of rotatable bonds is 4. The summed E-state index contributed by atoms with van der Waals surface area (Å²) in [4.78, 5) is 12.5. The summed E-state index contributed by atoms with van der Waals surface area (Å²) in [6.07, 6.45) is 6.79. The zero-order chi connectivity index (χ0) is 13.2. The van der Waals surface area contributed by atoms with Gasteiger partial charge in [0.15, 0.2) is 5.84 Å². The normalized spacial score (nSPS) is 25.5. The molecule has 0 aromatic heterocycles. The van der Waals surface area contributed by atoms with Gasteiger partial charge in [0, 0.05) is 6.04 Å². The highest BCUT2D eigenvalue weighted by molar-refractivity contribution is 6.06. The van der Waals surface area contributed by atoms with Crippen LogP contribution in [0, 0.1) is 11.3 Å². The Hall–Kier alpha value is -1.26. The minimum Gasteiger partial charge on any atom is -0.409 e. The second kappa shape index (κ2) is 5.16. The number of hydrogen-bond donors (Lipinski definition) is 3. The number of carbonyl (C=O) groups is 1. The van der Waals surface area contributed by atoms with E-state index in [4.69, 9.17) is 10.9 Å². The fraction of sp³-hybridized carbons (Fsp3) is 0.846. The molecule has 0 bridgehead atoms. The molecule has 0 spiro atoms. The number of nitrogens with zero attached hydrogens (tertiary/aromatic N) is 1. The third-order valence-corrected chi connectivity index (χ3v) is 4.43. The van der Waals surface area contributed by atoms with E-state index in [0.717, 1.165) is 19.3 Å². The SMILES string of the molecule is CC(NC(=O)C1(C(N)=NO)CCCCC1)C1CC1. The Bertz CT molecular complexity index is 344. The molecular weight excluding hydrogens is 230 g/mol. The lowest BCUT2D eigenvalue weighted by Crippen LogP contribution is -2.53. The van der Waals surface area contributed by atoms with Crippen molar-refractivity contribution in [3.8, 4) is 0 Å². The molecular formula is C13H23N3O2. The molecule has 2 saturated carbocycles. The Morgan fingerprint density at radius 2 is 2.00 bits per heavy atom. The van der Waals surface area contributed by atoms with Crippen molar-refractivity contribution >= 4 is 11.7 Å². The van der Waals surface area contributed by atoms with Crippen LogP contribution in [0.2, 0.25) is 0 Å². The van der Waals surface area contributed by atoms with Gasteiger partial charge in [0.1, 0.15) is 5.41 Å². The predicted octanol–water partition coefficient (Wildman–Crippen LogP) is 1.60. The van der Waals surface area contributed by atoms with E-state index < -0.39 is 5.41 Å². The summed E-state index contributed by atoms with van der Waals surface area (Å²) in [5, 5.41) is 15.1. The average Bonchev–Trinajstić information content (AvgIpc) is 3.22. The molecule has 2 fully saturated rings. The Morgan fingerprint density at radius 3 is 2.50 bits per heavy atom. The summed E-state index contributed by atoms with van der Waals surface area (Å²) in [5.41, 5.74) is 5.01. The highest BCUT2D eigenvalue weighted by Crippen LogP contribution is 2.38. The van der Waals surface area contributed by atoms with E-state index in [2.05, 4.69) is 10.5 Å². The molecule has 0 radical (unpaired) electrons. The van der Waals surface area contributed by atoms with Crippen LogP contribution in [0.5, 0.6) is 0 Å². The minimum absolute atomic E-state index is 0.0584. The maximum absolute atomic E-state index is 12.5. The van der Waals surface area contributed by atoms with Gasteiger partial charge in [0.25, 0.3) is 0 Å². The second-order valence-corrected chi connectivity index (χ2v) is 5.73. The van der Waals surface area contributed by atoms with Crippen molar-refractivity contribution in [1.29, 1.82) is 0 Å². The Balaban J connectivity index is 2.09. The molecule has 0 heterocycles. The van der Waals surface area contributed by atoms with E-state index in [9.17, 15) is 4.79 Å². The van der Waals surface area contributed by atoms with Gasteiger partial charge in [0.2, 0.25) is 5.91 Å². The van der Waals surface area contributed by atoms with Gasteiger partial charge in [-0.15, -0.1) is 0 Å². The summed E-state index contributed by atoms with van der Waals surface area (Å²) in [6.45, 7) is 2.04. The molecule has 1 unspecified atom stereocenters. The van der Waals surface area contributed by atoms with Gasteiger partial charge in [-0.1, -0.05) is 24.4 Å². The minimum atomic E-state index is -0.782. The number of nitrogens with two attached hydrogens (primary N) is 1. The molecule has 4 N–H and O–H groups in total. The number of oxime groups is 1. The van der Waals surface area contributed by atoms with Gasteiger partial charge in [-0.05, 0) is 38.5 Å². The zero-order valence-electron chi connectivity index (χ0n) is 11.0. The molecule has 2 aliphatic carbocycles. The van der Waals surface area contributed by atoms with Crippen molar-refractivity contribution in [2.45, 2.75) is 57.9 Å². The van der Waals surface area contributed by atoms with Crippen LogP contribution < -0.4 is 11.1 Å². The summed E-state index contributed by atoms with van der Waals surface area (Å²) in [6, 6.07) is 0.197. The molecule has 0 aliphatic heterocycles. The van der Waals surface area contributed by atoms with Crippen molar-refractivity contribution in [3.63, 3.8) is 0 Å². The number of carbonyl (C=O) groups excluding carboxylic acids is 1. The average molecular weight is 253 g/mol. The van der Waals surface area contributed by atoms with Crippen molar-refractivity contribution in [2.24, 2.45) is 22.2 Å².